The van der Waals surface area contributed by atoms with Gasteiger partial charge >= 0.3 is 0 Å². The van der Waals surface area contributed by atoms with Crippen molar-refractivity contribution in [3.05, 3.63) is 41.0 Å². The second kappa shape index (κ2) is 4.28. The average molecular weight is 247 g/mol. The van der Waals surface area contributed by atoms with Gasteiger partial charge in [-0.3, -0.25) is 4.98 Å². The molecule has 0 bridgehead atoms. The van der Waals surface area contributed by atoms with Crippen molar-refractivity contribution in [2.75, 3.05) is 0 Å². The molecule has 1 aromatic carbocycles. The number of halogens is 1. The highest BCUT2D eigenvalue weighted by Crippen LogP contribution is 2.33. The molecule has 0 spiro atoms. The van der Waals surface area contributed by atoms with Gasteiger partial charge in [0.1, 0.15) is 0 Å². The molecule has 0 amide bonds. The first kappa shape index (κ1) is 11.0. The Labute approximate surface area is 106 Å². The molecule has 1 heterocycles. The normalized spacial score (nSPS) is 17.3. The Bertz CT molecular complexity index is 549. The van der Waals surface area contributed by atoms with Gasteiger partial charge in [0.15, 0.2) is 0 Å². The van der Waals surface area contributed by atoms with Gasteiger partial charge in [0.05, 0.1) is 5.52 Å². The van der Waals surface area contributed by atoms with Crippen LogP contribution in [0.3, 0.4) is 0 Å². The molecule has 1 aliphatic rings. The fraction of sp³-hybridized carbons (Fsp3) is 0.357. The van der Waals surface area contributed by atoms with Crippen LogP contribution in [0.4, 0.5) is 0 Å². The zero-order valence-corrected chi connectivity index (χ0v) is 10.3. The molecule has 1 atom stereocenters. The summed E-state index contributed by atoms with van der Waals surface area (Å²) < 4.78 is 0. The molecule has 1 saturated carbocycles. The van der Waals surface area contributed by atoms with Crippen molar-refractivity contribution in [2.24, 2.45) is 11.7 Å². The monoisotopic (exact) mass is 246 g/mol. The third-order valence-corrected chi connectivity index (χ3v) is 3.71. The first-order valence-electron chi connectivity index (χ1n) is 6.03. The smallest absolute Gasteiger partial charge is 0.0719 e. The summed E-state index contributed by atoms with van der Waals surface area (Å²) in [6, 6.07) is 8.22. The number of nitrogens with zero attached hydrogens (tertiary/aromatic N) is 1. The number of nitrogens with two attached hydrogens (primary N) is 1. The molecular formula is C14H15ClN2. The van der Waals surface area contributed by atoms with Crippen LogP contribution in [0.5, 0.6) is 0 Å². The van der Waals surface area contributed by atoms with Gasteiger partial charge < -0.3 is 5.73 Å². The second-order valence-corrected chi connectivity index (χ2v) is 5.27. The van der Waals surface area contributed by atoms with Gasteiger partial charge in [-0.2, -0.15) is 0 Å². The molecule has 0 saturated heterocycles. The van der Waals surface area contributed by atoms with E-state index in [2.05, 4.69) is 11.1 Å². The minimum absolute atomic E-state index is 0.288. The van der Waals surface area contributed by atoms with Gasteiger partial charge in [0.25, 0.3) is 0 Å². The summed E-state index contributed by atoms with van der Waals surface area (Å²) >= 11 is 5.97. The van der Waals surface area contributed by atoms with Gasteiger partial charge in [0.2, 0.25) is 0 Å². The lowest BCUT2D eigenvalue weighted by Gasteiger charge is -2.12. The van der Waals surface area contributed by atoms with Crippen molar-refractivity contribution in [3.63, 3.8) is 0 Å². The van der Waals surface area contributed by atoms with E-state index in [0.29, 0.717) is 0 Å². The van der Waals surface area contributed by atoms with E-state index in [1.807, 2.05) is 24.4 Å². The number of fused-ring (bicyclic) bond motifs is 1. The van der Waals surface area contributed by atoms with Crippen molar-refractivity contribution in [3.8, 4) is 0 Å². The highest BCUT2D eigenvalue weighted by Gasteiger charge is 2.28. The molecule has 2 N–H and O–H groups in total. The zero-order valence-electron chi connectivity index (χ0n) is 9.57. The summed E-state index contributed by atoms with van der Waals surface area (Å²) in [5.74, 6) is 0.727. The number of aromatic nitrogens is 1. The first-order chi connectivity index (χ1) is 8.24. The van der Waals surface area contributed by atoms with E-state index >= 15 is 0 Å². The van der Waals surface area contributed by atoms with Crippen molar-refractivity contribution in [1.82, 2.24) is 4.98 Å². The highest BCUT2D eigenvalue weighted by atomic mass is 35.5. The lowest BCUT2D eigenvalue weighted by atomic mass is 10.00. The zero-order chi connectivity index (χ0) is 11.8. The summed E-state index contributed by atoms with van der Waals surface area (Å²) in [6.45, 7) is 0. The molecule has 88 valence electrons. The van der Waals surface area contributed by atoms with E-state index in [-0.39, 0.29) is 6.04 Å². The van der Waals surface area contributed by atoms with Crippen LogP contribution in [0.15, 0.2) is 30.5 Å². The molecule has 1 unspecified atom stereocenters. The standard InChI is InChI=1S/C14H15ClN2/c15-11-3-4-12-10(5-6-17-14(12)8-11)7-13(16)9-1-2-9/h3-6,8-9,13H,1-2,7,16H2. The molecule has 3 heteroatoms. The third kappa shape index (κ3) is 2.28. The van der Waals surface area contributed by atoms with E-state index in [0.717, 1.165) is 22.9 Å². The van der Waals surface area contributed by atoms with Crippen LogP contribution in [-0.4, -0.2) is 11.0 Å². The molecular weight excluding hydrogens is 232 g/mol. The van der Waals surface area contributed by atoms with Crippen LogP contribution in [0.1, 0.15) is 18.4 Å². The van der Waals surface area contributed by atoms with Crippen molar-refractivity contribution in [1.29, 1.82) is 0 Å². The number of benzene rings is 1. The Kier molecular flexibility index (Phi) is 2.77. The predicted molar refractivity (Wildman–Crippen MR) is 71.2 cm³/mol. The average Bonchev–Trinajstić information content (AvgIpc) is 3.12. The van der Waals surface area contributed by atoms with Crippen LogP contribution < -0.4 is 5.73 Å². The maximum absolute atomic E-state index is 6.19. The molecule has 1 aromatic heterocycles. The topological polar surface area (TPSA) is 38.9 Å². The molecule has 0 radical (unpaired) electrons. The quantitative estimate of drug-likeness (QED) is 0.904. The molecule has 17 heavy (non-hydrogen) atoms. The molecule has 2 nitrogen and oxygen atoms in total. The minimum Gasteiger partial charge on any atom is -0.327 e. The summed E-state index contributed by atoms with van der Waals surface area (Å²) in [6.07, 6.45) is 5.35. The third-order valence-electron chi connectivity index (χ3n) is 3.48. The van der Waals surface area contributed by atoms with Crippen LogP contribution >= 0.6 is 11.6 Å². The molecule has 1 aliphatic carbocycles. The minimum atomic E-state index is 0.288. The largest absolute Gasteiger partial charge is 0.327 e. The van der Waals surface area contributed by atoms with E-state index in [4.69, 9.17) is 17.3 Å². The fourth-order valence-corrected chi connectivity index (χ4v) is 2.47. The number of hydrogen-bond acceptors (Lipinski definition) is 2. The molecule has 1 fully saturated rings. The van der Waals surface area contributed by atoms with Crippen molar-refractivity contribution >= 4 is 22.5 Å². The fourth-order valence-electron chi connectivity index (χ4n) is 2.30. The molecule has 3 rings (SSSR count). The number of hydrogen-bond donors (Lipinski definition) is 1. The first-order valence-corrected chi connectivity index (χ1v) is 6.40. The summed E-state index contributed by atoms with van der Waals surface area (Å²) in [5.41, 5.74) is 8.43. The summed E-state index contributed by atoms with van der Waals surface area (Å²) in [7, 11) is 0. The van der Waals surface area contributed by atoms with Crippen molar-refractivity contribution in [2.45, 2.75) is 25.3 Å². The van der Waals surface area contributed by atoms with Gasteiger partial charge in [-0.1, -0.05) is 17.7 Å². The Balaban J connectivity index is 1.97. The number of rotatable bonds is 3. The summed E-state index contributed by atoms with van der Waals surface area (Å²) in [5, 5.41) is 1.90. The summed E-state index contributed by atoms with van der Waals surface area (Å²) in [4.78, 5) is 4.35. The van der Waals surface area contributed by atoms with Gasteiger partial charge in [-0.25, -0.2) is 0 Å². The Hall–Kier alpha value is -1.12. The lowest BCUT2D eigenvalue weighted by molar-refractivity contribution is 0.593. The van der Waals surface area contributed by atoms with Crippen LogP contribution in [0, 0.1) is 5.92 Å². The SMILES string of the molecule is NC(Cc1ccnc2cc(Cl)ccc12)C1CC1. The van der Waals surface area contributed by atoms with Crippen LogP contribution in [0.2, 0.25) is 5.02 Å². The number of pyridine rings is 1. The Morgan fingerprint density at radius 3 is 2.94 bits per heavy atom. The van der Waals surface area contributed by atoms with E-state index in [9.17, 15) is 0 Å². The van der Waals surface area contributed by atoms with E-state index in [1.54, 1.807) is 0 Å². The maximum atomic E-state index is 6.19. The molecule has 2 aromatic rings. The maximum Gasteiger partial charge on any atom is 0.0719 e. The van der Waals surface area contributed by atoms with Crippen LogP contribution in [-0.2, 0) is 6.42 Å². The highest BCUT2D eigenvalue weighted by molar-refractivity contribution is 6.31. The van der Waals surface area contributed by atoms with E-state index < -0.39 is 0 Å². The second-order valence-electron chi connectivity index (χ2n) is 4.84. The predicted octanol–water partition coefficient (Wildman–Crippen LogP) is 3.17. The Morgan fingerprint density at radius 2 is 2.18 bits per heavy atom. The van der Waals surface area contributed by atoms with E-state index in [1.165, 1.54) is 23.8 Å². The van der Waals surface area contributed by atoms with Gasteiger partial charge in [-0.05, 0) is 48.9 Å². The van der Waals surface area contributed by atoms with Crippen LogP contribution in [0.25, 0.3) is 10.9 Å². The molecule has 0 aliphatic heterocycles. The lowest BCUT2D eigenvalue weighted by Crippen LogP contribution is -2.25. The van der Waals surface area contributed by atoms with Gasteiger partial charge in [0, 0.05) is 22.6 Å². The Morgan fingerprint density at radius 1 is 1.35 bits per heavy atom. The van der Waals surface area contributed by atoms with Gasteiger partial charge in [-0.15, -0.1) is 0 Å². The van der Waals surface area contributed by atoms with Crippen molar-refractivity contribution < 1.29 is 0 Å².